The van der Waals surface area contributed by atoms with Gasteiger partial charge in [-0.1, -0.05) is 18.2 Å². The van der Waals surface area contributed by atoms with E-state index >= 15 is 0 Å². The lowest BCUT2D eigenvalue weighted by Gasteiger charge is -2.16. The van der Waals surface area contributed by atoms with Gasteiger partial charge in [0, 0.05) is 12.2 Å². The van der Waals surface area contributed by atoms with Crippen LogP contribution in [0.2, 0.25) is 0 Å². The van der Waals surface area contributed by atoms with Crippen molar-refractivity contribution >= 4 is 17.4 Å². The fraction of sp³-hybridized carbons (Fsp3) is 0.227. The number of carbonyl (C=O) groups excluding carboxylic acids is 1. The zero-order valence-electron chi connectivity index (χ0n) is 16.2. The van der Waals surface area contributed by atoms with E-state index in [-0.39, 0.29) is 5.91 Å². The summed E-state index contributed by atoms with van der Waals surface area (Å²) in [5.74, 6) is 2.03. The van der Waals surface area contributed by atoms with Crippen molar-refractivity contribution in [3.05, 3.63) is 71.9 Å². The smallest absolute Gasteiger partial charge is 0.278 e. The number of amides is 1. The summed E-state index contributed by atoms with van der Waals surface area (Å²) in [5.41, 5.74) is 2.47. The second-order valence-electron chi connectivity index (χ2n) is 6.59. The van der Waals surface area contributed by atoms with E-state index in [4.69, 9.17) is 9.47 Å². The van der Waals surface area contributed by atoms with Gasteiger partial charge in [-0.2, -0.15) is 0 Å². The minimum Gasteiger partial charge on any atom is -0.497 e. The molecule has 0 spiro atoms. The number of ether oxygens (including phenoxy) is 2. The predicted molar refractivity (Wildman–Crippen MR) is 111 cm³/mol. The van der Waals surface area contributed by atoms with Crippen LogP contribution < -0.4 is 19.7 Å². The first-order chi connectivity index (χ1) is 14.2. The van der Waals surface area contributed by atoms with Crippen LogP contribution in [-0.2, 0) is 6.42 Å². The van der Waals surface area contributed by atoms with Gasteiger partial charge in [-0.15, -0.1) is 10.2 Å². The zero-order valence-corrected chi connectivity index (χ0v) is 16.2. The molecule has 4 rings (SSSR count). The number of methoxy groups -OCH3 is 1. The van der Waals surface area contributed by atoms with Gasteiger partial charge in [-0.3, -0.25) is 4.79 Å². The molecule has 0 radical (unpaired) electrons. The fourth-order valence-electron chi connectivity index (χ4n) is 3.25. The maximum absolute atomic E-state index is 12.8. The summed E-state index contributed by atoms with van der Waals surface area (Å²) in [4.78, 5) is 14.5. The molecule has 29 heavy (non-hydrogen) atoms. The minimum atomic E-state index is -0.128. The topological polar surface area (TPSA) is 76.6 Å². The lowest BCUT2D eigenvalue weighted by Crippen LogP contribution is -2.29. The molecule has 3 aromatic rings. The molecule has 0 bridgehead atoms. The van der Waals surface area contributed by atoms with E-state index in [1.807, 2.05) is 42.5 Å². The largest absolute Gasteiger partial charge is 0.497 e. The highest BCUT2D eigenvalue weighted by atomic mass is 16.5. The Kier molecular flexibility index (Phi) is 5.56. The molecule has 1 aromatic heterocycles. The fourth-order valence-corrected chi connectivity index (χ4v) is 3.25. The molecule has 0 fully saturated rings. The first kappa shape index (κ1) is 18.7. The van der Waals surface area contributed by atoms with Gasteiger partial charge in [0.1, 0.15) is 23.9 Å². The van der Waals surface area contributed by atoms with Crippen molar-refractivity contribution in [1.82, 2.24) is 10.2 Å². The summed E-state index contributed by atoms with van der Waals surface area (Å²) in [6, 6.07) is 18.8. The maximum atomic E-state index is 12.8. The summed E-state index contributed by atoms with van der Waals surface area (Å²) in [7, 11) is 1.63. The molecular formula is C22H22N4O3. The minimum absolute atomic E-state index is 0.128. The van der Waals surface area contributed by atoms with Gasteiger partial charge in [0.25, 0.3) is 5.91 Å². The zero-order chi connectivity index (χ0) is 20.1. The Labute approximate surface area is 169 Å². The Bertz CT molecular complexity index is 974. The molecule has 7 heteroatoms. The van der Waals surface area contributed by atoms with Gasteiger partial charge in [-0.05, 0) is 54.4 Å². The van der Waals surface area contributed by atoms with Crippen molar-refractivity contribution in [2.24, 2.45) is 0 Å². The first-order valence-corrected chi connectivity index (χ1v) is 9.49. The molecule has 2 heterocycles. The van der Waals surface area contributed by atoms with Crippen molar-refractivity contribution in [2.75, 3.05) is 37.0 Å². The highest BCUT2D eigenvalue weighted by Gasteiger charge is 2.26. The van der Waals surface area contributed by atoms with Crippen molar-refractivity contribution < 1.29 is 14.3 Å². The third-order valence-corrected chi connectivity index (χ3v) is 4.75. The van der Waals surface area contributed by atoms with Crippen LogP contribution in [0, 0.1) is 0 Å². The SMILES string of the molecule is COc1ccc(OCCNc2ccc(C(=O)N3CCc4ccccc43)nn2)cc1. The number of rotatable bonds is 7. The van der Waals surface area contributed by atoms with E-state index in [0.29, 0.717) is 31.2 Å². The molecule has 2 aromatic carbocycles. The lowest BCUT2D eigenvalue weighted by atomic mass is 10.2. The van der Waals surface area contributed by atoms with Crippen molar-refractivity contribution in [2.45, 2.75) is 6.42 Å². The van der Waals surface area contributed by atoms with Crippen LogP contribution in [0.15, 0.2) is 60.7 Å². The molecule has 1 aliphatic rings. The highest BCUT2D eigenvalue weighted by molar-refractivity contribution is 6.06. The van der Waals surface area contributed by atoms with Crippen LogP contribution in [0.3, 0.4) is 0 Å². The predicted octanol–water partition coefficient (Wildman–Crippen LogP) is 3.18. The second-order valence-corrected chi connectivity index (χ2v) is 6.59. The number of aromatic nitrogens is 2. The number of carbonyl (C=O) groups is 1. The Hall–Kier alpha value is -3.61. The summed E-state index contributed by atoms with van der Waals surface area (Å²) in [5, 5.41) is 11.3. The molecule has 0 atom stereocenters. The average Bonchev–Trinajstić information content (AvgIpc) is 3.21. The number of para-hydroxylation sites is 1. The summed E-state index contributed by atoms with van der Waals surface area (Å²) in [6.07, 6.45) is 0.864. The van der Waals surface area contributed by atoms with E-state index in [1.54, 1.807) is 24.1 Å². The van der Waals surface area contributed by atoms with Crippen LogP contribution in [0.1, 0.15) is 16.1 Å². The molecule has 1 amide bonds. The molecule has 1 N–H and O–H groups in total. The van der Waals surface area contributed by atoms with Gasteiger partial charge in [0.15, 0.2) is 5.69 Å². The number of hydrogen-bond acceptors (Lipinski definition) is 6. The third-order valence-electron chi connectivity index (χ3n) is 4.75. The van der Waals surface area contributed by atoms with E-state index < -0.39 is 0 Å². The molecule has 0 unspecified atom stereocenters. The molecule has 0 aliphatic carbocycles. The number of fused-ring (bicyclic) bond motifs is 1. The van der Waals surface area contributed by atoms with Crippen LogP contribution in [0.25, 0.3) is 0 Å². The lowest BCUT2D eigenvalue weighted by molar-refractivity contribution is 0.0983. The van der Waals surface area contributed by atoms with Crippen LogP contribution >= 0.6 is 0 Å². The van der Waals surface area contributed by atoms with Crippen molar-refractivity contribution in [3.8, 4) is 11.5 Å². The van der Waals surface area contributed by atoms with Gasteiger partial charge in [-0.25, -0.2) is 0 Å². The second kappa shape index (κ2) is 8.60. The maximum Gasteiger partial charge on any atom is 0.278 e. The quantitative estimate of drug-likeness (QED) is 0.625. The van der Waals surface area contributed by atoms with E-state index in [2.05, 4.69) is 21.6 Å². The summed E-state index contributed by atoms with van der Waals surface area (Å²) >= 11 is 0. The number of anilines is 2. The number of benzene rings is 2. The molecular weight excluding hydrogens is 368 g/mol. The normalized spacial score (nSPS) is 12.4. The molecule has 0 saturated carbocycles. The number of nitrogens with one attached hydrogen (secondary N) is 1. The van der Waals surface area contributed by atoms with E-state index in [9.17, 15) is 4.79 Å². The third kappa shape index (κ3) is 4.29. The van der Waals surface area contributed by atoms with Crippen molar-refractivity contribution in [1.29, 1.82) is 0 Å². The Morgan fingerprint density at radius 3 is 2.59 bits per heavy atom. The standard InChI is InChI=1S/C22H22N4O3/c1-28-17-6-8-18(9-7-17)29-15-13-23-21-11-10-19(24-25-21)22(27)26-14-12-16-4-2-3-5-20(16)26/h2-11H,12-15H2,1H3,(H,23,25). The van der Waals surface area contributed by atoms with Gasteiger partial charge in [0.2, 0.25) is 0 Å². The molecule has 1 aliphatic heterocycles. The molecule has 7 nitrogen and oxygen atoms in total. The van der Waals surface area contributed by atoms with Crippen molar-refractivity contribution in [3.63, 3.8) is 0 Å². The number of nitrogens with zero attached hydrogens (tertiary/aromatic N) is 3. The Balaban J connectivity index is 1.28. The van der Waals surface area contributed by atoms with Gasteiger partial charge in [0.05, 0.1) is 13.7 Å². The van der Waals surface area contributed by atoms with Crippen LogP contribution in [0.5, 0.6) is 11.5 Å². The van der Waals surface area contributed by atoms with Crippen LogP contribution in [0.4, 0.5) is 11.5 Å². The number of hydrogen-bond donors (Lipinski definition) is 1. The summed E-state index contributed by atoms with van der Waals surface area (Å²) in [6.45, 7) is 1.70. The van der Waals surface area contributed by atoms with E-state index in [1.165, 1.54) is 5.56 Å². The van der Waals surface area contributed by atoms with Crippen LogP contribution in [-0.4, -0.2) is 42.9 Å². The van der Waals surface area contributed by atoms with Gasteiger partial charge >= 0.3 is 0 Å². The Morgan fingerprint density at radius 1 is 1.03 bits per heavy atom. The highest BCUT2D eigenvalue weighted by Crippen LogP contribution is 2.28. The first-order valence-electron chi connectivity index (χ1n) is 9.49. The average molecular weight is 390 g/mol. The van der Waals surface area contributed by atoms with E-state index in [0.717, 1.165) is 23.6 Å². The monoisotopic (exact) mass is 390 g/mol. The Morgan fingerprint density at radius 2 is 1.83 bits per heavy atom. The van der Waals surface area contributed by atoms with Gasteiger partial charge < -0.3 is 19.7 Å². The molecule has 148 valence electrons. The molecule has 0 saturated heterocycles. The summed E-state index contributed by atoms with van der Waals surface area (Å²) < 4.78 is 10.8.